The van der Waals surface area contributed by atoms with Crippen LogP contribution < -0.4 is 10.5 Å². The van der Waals surface area contributed by atoms with Crippen molar-refractivity contribution in [2.24, 2.45) is 5.73 Å². The lowest BCUT2D eigenvalue weighted by molar-refractivity contribution is 0.368. The molecule has 0 radical (unpaired) electrons. The van der Waals surface area contributed by atoms with Crippen LogP contribution in [0.2, 0.25) is 5.02 Å². The van der Waals surface area contributed by atoms with Gasteiger partial charge in [-0.25, -0.2) is 0 Å². The molecule has 3 N–H and O–H groups in total. The Balaban J connectivity index is 3.10. The summed E-state index contributed by atoms with van der Waals surface area (Å²) in [5.74, 6) is 0.391. The van der Waals surface area contributed by atoms with Crippen LogP contribution in [-0.4, -0.2) is 18.3 Å². The van der Waals surface area contributed by atoms with Gasteiger partial charge in [0.1, 0.15) is 0 Å². The number of ether oxygens (including phenoxy) is 1. The molecule has 78 valence electrons. The zero-order valence-corrected chi connectivity index (χ0v) is 9.01. The molecule has 1 rings (SSSR count). The Bertz CT molecular complexity index is 326. The lowest BCUT2D eigenvalue weighted by Gasteiger charge is -2.12. The van der Waals surface area contributed by atoms with Crippen LogP contribution in [0.1, 0.15) is 12.5 Å². The highest BCUT2D eigenvalue weighted by molar-refractivity contribution is 6.32. The van der Waals surface area contributed by atoms with Crippen molar-refractivity contribution in [1.82, 2.24) is 0 Å². The molecule has 0 saturated heterocycles. The van der Waals surface area contributed by atoms with Crippen molar-refractivity contribution in [3.05, 3.63) is 22.7 Å². The molecule has 0 amide bonds. The first-order valence-electron chi connectivity index (χ1n) is 4.36. The van der Waals surface area contributed by atoms with Crippen LogP contribution in [0, 0.1) is 0 Å². The lowest BCUT2D eigenvalue weighted by Crippen LogP contribution is -2.18. The van der Waals surface area contributed by atoms with E-state index in [9.17, 15) is 5.11 Å². The van der Waals surface area contributed by atoms with Crippen LogP contribution in [0.5, 0.6) is 11.5 Å². The maximum atomic E-state index is 9.59. The minimum absolute atomic E-state index is 0.0180. The van der Waals surface area contributed by atoms with Crippen molar-refractivity contribution >= 4 is 11.6 Å². The molecule has 1 aromatic carbocycles. The summed E-state index contributed by atoms with van der Waals surface area (Å²) in [6.45, 7) is 1.89. The highest BCUT2D eigenvalue weighted by Gasteiger charge is 2.12. The van der Waals surface area contributed by atoms with E-state index in [1.165, 1.54) is 7.11 Å². The van der Waals surface area contributed by atoms with E-state index in [2.05, 4.69) is 0 Å². The zero-order valence-electron chi connectivity index (χ0n) is 8.25. The van der Waals surface area contributed by atoms with Gasteiger partial charge in [-0.1, -0.05) is 17.7 Å². The summed E-state index contributed by atoms with van der Waals surface area (Å²) in [5.41, 5.74) is 6.53. The van der Waals surface area contributed by atoms with Crippen LogP contribution in [0.15, 0.2) is 12.1 Å². The van der Waals surface area contributed by atoms with Gasteiger partial charge < -0.3 is 15.6 Å². The second kappa shape index (κ2) is 4.53. The van der Waals surface area contributed by atoms with E-state index >= 15 is 0 Å². The van der Waals surface area contributed by atoms with Crippen molar-refractivity contribution in [3.63, 3.8) is 0 Å². The molecule has 1 aromatic rings. The molecule has 0 heterocycles. The third-order valence-electron chi connectivity index (χ3n) is 1.91. The zero-order chi connectivity index (χ0) is 10.7. The number of benzene rings is 1. The SMILES string of the molecule is COc1c(CC(C)N)ccc(Cl)c1O. The highest BCUT2D eigenvalue weighted by Crippen LogP contribution is 2.36. The van der Waals surface area contributed by atoms with E-state index in [4.69, 9.17) is 22.1 Å². The summed E-state index contributed by atoms with van der Waals surface area (Å²) in [7, 11) is 1.50. The molecule has 0 saturated carbocycles. The van der Waals surface area contributed by atoms with Gasteiger partial charge in [-0.2, -0.15) is 0 Å². The fourth-order valence-corrected chi connectivity index (χ4v) is 1.47. The fourth-order valence-electron chi connectivity index (χ4n) is 1.32. The summed E-state index contributed by atoms with van der Waals surface area (Å²) in [6, 6.07) is 3.46. The third-order valence-corrected chi connectivity index (χ3v) is 2.21. The topological polar surface area (TPSA) is 55.5 Å². The smallest absolute Gasteiger partial charge is 0.177 e. The van der Waals surface area contributed by atoms with E-state index in [1.54, 1.807) is 6.07 Å². The minimum Gasteiger partial charge on any atom is -0.503 e. The van der Waals surface area contributed by atoms with Gasteiger partial charge in [-0.05, 0) is 25.0 Å². The van der Waals surface area contributed by atoms with Gasteiger partial charge in [0.25, 0.3) is 0 Å². The molecule has 0 aromatic heterocycles. The molecule has 0 spiro atoms. The number of methoxy groups -OCH3 is 1. The van der Waals surface area contributed by atoms with Crippen LogP contribution in [-0.2, 0) is 6.42 Å². The Morgan fingerprint density at radius 3 is 2.71 bits per heavy atom. The number of halogens is 1. The number of rotatable bonds is 3. The molecule has 4 heteroatoms. The molecule has 1 unspecified atom stereocenters. The largest absolute Gasteiger partial charge is 0.503 e. The number of aromatic hydroxyl groups is 1. The van der Waals surface area contributed by atoms with Gasteiger partial charge in [0.2, 0.25) is 0 Å². The molecule has 0 aliphatic heterocycles. The molecule has 0 fully saturated rings. The maximum Gasteiger partial charge on any atom is 0.177 e. The van der Waals surface area contributed by atoms with E-state index < -0.39 is 0 Å². The lowest BCUT2D eigenvalue weighted by atomic mass is 10.1. The molecule has 1 atom stereocenters. The molecule has 0 aliphatic carbocycles. The number of phenols is 1. The fraction of sp³-hybridized carbons (Fsp3) is 0.400. The van der Waals surface area contributed by atoms with Crippen LogP contribution in [0.25, 0.3) is 0 Å². The molecule has 0 aliphatic rings. The third kappa shape index (κ3) is 2.30. The van der Waals surface area contributed by atoms with E-state index in [0.717, 1.165) is 5.56 Å². The van der Waals surface area contributed by atoms with Gasteiger partial charge in [0, 0.05) is 6.04 Å². The van der Waals surface area contributed by atoms with E-state index in [0.29, 0.717) is 12.2 Å². The second-order valence-corrected chi connectivity index (χ2v) is 3.68. The first-order valence-corrected chi connectivity index (χ1v) is 4.74. The minimum atomic E-state index is -0.0210. The molecule has 3 nitrogen and oxygen atoms in total. The maximum absolute atomic E-state index is 9.59. The Morgan fingerprint density at radius 1 is 1.57 bits per heavy atom. The van der Waals surface area contributed by atoms with Crippen LogP contribution in [0.3, 0.4) is 0 Å². The average Bonchev–Trinajstić information content (AvgIpc) is 2.11. The summed E-state index contributed by atoms with van der Waals surface area (Å²) in [5, 5.41) is 9.88. The van der Waals surface area contributed by atoms with Crippen molar-refractivity contribution in [2.75, 3.05) is 7.11 Å². The summed E-state index contributed by atoms with van der Waals surface area (Å²) >= 11 is 5.74. The average molecular weight is 216 g/mol. The van der Waals surface area contributed by atoms with Crippen LogP contribution in [0.4, 0.5) is 0 Å². The highest BCUT2D eigenvalue weighted by atomic mass is 35.5. The van der Waals surface area contributed by atoms with Crippen molar-refractivity contribution < 1.29 is 9.84 Å². The second-order valence-electron chi connectivity index (χ2n) is 3.27. The Labute approximate surface area is 88.4 Å². The molecular formula is C10H14ClNO2. The van der Waals surface area contributed by atoms with Gasteiger partial charge in [-0.15, -0.1) is 0 Å². The number of nitrogens with two attached hydrogens (primary N) is 1. The molecule has 0 bridgehead atoms. The standard InChI is InChI=1S/C10H14ClNO2/c1-6(12)5-7-3-4-8(11)9(13)10(7)14-2/h3-4,6,13H,5,12H2,1-2H3. The van der Waals surface area contributed by atoms with E-state index in [1.807, 2.05) is 13.0 Å². The van der Waals surface area contributed by atoms with Crippen molar-refractivity contribution in [1.29, 1.82) is 0 Å². The van der Waals surface area contributed by atoms with Gasteiger partial charge in [-0.3, -0.25) is 0 Å². The van der Waals surface area contributed by atoms with Crippen LogP contribution >= 0.6 is 11.6 Å². The summed E-state index contributed by atoms with van der Waals surface area (Å²) in [4.78, 5) is 0. The Hall–Kier alpha value is -0.930. The predicted octanol–water partition coefficient (Wildman–Crippen LogP) is 1.94. The predicted molar refractivity (Wildman–Crippen MR) is 57.0 cm³/mol. The first-order chi connectivity index (χ1) is 6.56. The van der Waals surface area contributed by atoms with Crippen molar-refractivity contribution in [2.45, 2.75) is 19.4 Å². The van der Waals surface area contributed by atoms with Crippen molar-refractivity contribution in [3.8, 4) is 11.5 Å². The molecule has 14 heavy (non-hydrogen) atoms. The Kier molecular flexibility index (Phi) is 3.61. The quantitative estimate of drug-likeness (QED) is 0.810. The number of hydrogen-bond acceptors (Lipinski definition) is 3. The monoisotopic (exact) mass is 215 g/mol. The number of phenolic OH excluding ortho intramolecular Hbond substituents is 1. The van der Waals surface area contributed by atoms with Gasteiger partial charge >= 0.3 is 0 Å². The summed E-state index contributed by atoms with van der Waals surface area (Å²) < 4.78 is 5.07. The van der Waals surface area contributed by atoms with Gasteiger partial charge in [0.15, 0.2) is 11.5 Å². The summed E-state index contributed by atoms with van der Waals surface area (Å²) in [6.07, 6.45) is 0.647. The first kappa shape index (κ1) is 11.1. The van der Waals surface area contributed by atoms with E-state index in [-0.39, 0.29) is 16.8 Å². The van der Waals surface area contributed by atoms with Gasteiger partial charge in [0.05, 0.1) is 12.1 Å². The molecular weight excluding hydrogens is 202 g/mol. The normalized spacial score (nSPS) is 12.6. The Morgan fingerprint density at radius 2 is 2.21 bits per heavy atom. The number of hydrogen-bond donors (Lipinski definition) is 2.